The highest BCUT2D eigenvalue weighted by Gasteiger charge is 2.06. The van der Waals surface area contributed by atoms with Gasteiger partial charge in [0.05, 0.1) is 11.3 Å². The van der Waals surface area contributed by atoms with Gasteiger partial charge in [0.1, 0.15) is 0 Å². The third kappa shape index (κ3) is 2.65. The molecule has 17 heavy (non-hydrogen) atoms. The number of thioether (sulfide) groups is 1. The predicted molar refractivity (Wildman–Crippen MR) is 68.4 cm³/mol. The Bertz CT molecular complexity index is 555. The number of aromatic nitrogens is 1. The van der Waals surface area contributed by atoms with E-state index in [1.54, 1.807) is 17.8 Å². The van der Waals surface area contributed by atoms with Crippen molar-refractivity contribution in [2.45, 2.75) is 4.90 Å². The first kappa shape index (κ1) is 11.7. The predicted octanol–water partition coefficient (Wildman–Crippen LogP) is 3.17. The fourth-order valence-corrected chi connectivity index (χ4v) is 1.96. The van der Waals surface area contributed by atoms with Gasteiger partial charge in [0, 0.05) is 16.7 Å². The molecule has 86 valence electrons. The van der Waals surface area contributed by atoms with Crippen LogP contribution in [0.2, 0.25) is 0 Å². The summed E-state index contributed by atoms with van der Waals surface area (Å²) in [6, 6.07) is 10.9. The minimum absolute atomic E-state index is 0.254. The summed E-state index contributed by atoms with van der Waals surface area (Å²) in [7, 11) is 0. The van der Waals surface area contributed by atoms with Crippen molar-refractivity contribution in [2.24, 2.45) is 0 Å². The number of carboxylic acid groups (broad SMARTS) is 1. The minimum Gasteiger partial charge on any atom is -0.478 e. The number of carboxylic acids is 1. The second kappa shape index (κ2) is 5.01. The zero-order valence-electron chi connectivity index (χ0n) is 9.25. The molecule has 1 heterocycles. The standard InChI is InChI=1S/C13H11NO2S/c1-17-11-4-2-3-9(7-11)12-8-10(13(15)16)5-6-14-12/h2-8H,1H3,(H,15,16). The summed E-state index contributed by atoms with van der Waals surface area (Å²) in [6.07, 6.45) is 3.52. The maximum atomic E-state index is 10.9. The van der Waals surface area contributed by atoms with Gasteiger partial charge in [-0.05, 0) is 30.5 Å². The topological polar surface area (TPSA) is 50.2 Å². The van der Waals surface area contributed by atoms with E-state index >= 15 is 0 Å². The summed E-state index contributed by atoms with van der Waals surface area (Å²) in [4.78, 5) is 16.2. The lowest BCUT2D eigenvalue weighted by molar-refractivity contribution is 0.0697. The average molecular weight is 245 g/mol. The van der Waals surface area contributed by atoms with Crippen molar-refractivity contribution >= 4 is 17.7 Å². The second-order valence-electron chi connectivity index (χ2n) is 3.47. The summed E-state index contributed by atoms with van der Waals surface area (Å²) < 4.78 is 0. The molecule has 1 N–H and O–H groups in total. The van der Waals surface area contributed by atoms with Crippen LogP contribution >= 0.6 is 11.8 Å². The molecular weight excluding hydrogens is 234 g/mol. The van der Waals surface area contributed by atoms with Crippen molar-refractivity contribution in [2.75, 3.05) is 6.26 Å². The first-order valence-electron chi connectivity index (χ1n) is 5.04. The Hall–Kier alpha value is -1.81. The molecule has 0 saturated carbocycles. The van der Waals surface area contributed by atoms with Gasteiger partial charge in [0.2, 0.25) is 0 Å². The van der Waals surface area contributed by atoms with Crippen LogP contribution < -0.4 is 0 Å². The van der Waals surface area contributed by atoms with Crippen molar-refractivity contribution < 1.29 is 9.90 Å². The number of pyridine rings is 1. The third-order valence-corrected chi connectivity index (χ3v) is 3.10. The van der Waals surface area contributed by atoms with Gasteiger partial charge in [0.25, 0.3) is 0 Å². The molecule has 0 saturated heterocycles. The van der Waals surface area contributed by atoms with Crippen LogP contribution in [0.4, 0.5) is 0 Å². The number of hydrogen-bond acceptors (Lipinski definition) is 3. The number of nitrogens with zero attached hydrogens (tertiary/aromatic N) is 1. The molecule has 2 rings (SSSR count). The summed E-state index contributed by atoms with van der Waals surface area (Å²) in [5.74, 6) is -0.935. The fourth-order valence-electron chi connectivity index (χ4n) is 1.50. The third-order valence-electron chi connectivity index (χ3n) is 2.37. The Morgan fingerprint density at radius 3 is 2.82 bits per heavy atom. The molecular formula is C13H11NO2S. The maximum absolute atomic E-state index is 10.9. The average Bonchev–Trinajstić information content (AvgIpc) is 2.39. The zero-order chi connectivity index (χ0) is 12.3. The highest BCUT2D eigenvalue weighted by atomic mass is 32.2. The van der Waals surface area contributed by atoms with E-state index in [4.69, 9.17) is 5.11 Å². The van der Waals surface area contributed by atoms with E-state index in [-0.39, 0.29) is 5.56 Å². The molecule has 0 radical (unpaired) electrons. The van der Waals surface area contributed by atoms with Crippen LogP contribution in [0.3, 0.4) is 0 Å². The van der Waals surface area contributed by atoms with Crippen LogP contribution in [0.25, 0.3) is 11.3 Å². The molecule has 0 aliphatic carbocycles. The van der Waals surface area contributed by atoms with E-state index in [1.165, 1.54) is 12.3 Å². The highest BCUT2D eigenvalue weighted by Crippen LogP contribution is 2.23. The molecule has 0 unspecified atom stereocenters. The van der Waals surface area contributed by atoms with Gasteiger partial charge in [0.15, 0.2) is 0 Å². The highest BCUT2D eigenvalue weighted by molar-refractivity contribution is 7.98. The summed E-state index contributed by atoms with van der Waals surface area (Å²) >= 11 is 1.64. The van der Waals surface area contributed by atoms with E-state index in [0.29, 0.717) is 5.69 Å². The van der Waals surface area contributed by atoms with Gasteiger partial charge in [-0.2, -0.15) is 0 Å². The molecule has 0 fully saturated rings. The van der Waals surface area contributed by atoms with Crippen LogP contribution in [-0.2, 0) is 0 Å². The lowest BCUT2D eigenvalue weighted by Crippen LogP contribution is -1.97. The first-order chi connectivity index (χ1) is 8.20. The Labute approximate surface area is 104 Å². The number of hydrogen-bond donors (Lipinski definition) is 1. The molecule has 0 spiro atoms. The molecule has 2 aromatic rings. The molecule has 0 aliphatic heterocycles. The van der Waals surface area contributed by atoms with Crippen molar-refractivity contribution in [1.29, 1.82) is 0 Å². The zero-order valence-corrected chi connectivity index (χ0v) is 10.1. The molecule has 1 aromatic carbocycles. The number of aromatic carboxylic acids is 1. The van der Waals surface area contributed by atoms with E-state index in [1.807, 2.05) is 30.5 Å². The van der Waals surface area contributed by atoms with Gasteiger partial charge in [-0.15, -0.1) is 11.8 Å². The number of carbonyl (C=O) groups is 1. The Morgan fingerprint density at radius 2 is 2.12 bits per heavy atom. The minimum atomic E-state index is -0.935. The lowest BCUT2D eigenvalue weighted by Gasteiger charge is -2.03. The maximum Gasteiger partial charge on any atom is 0.335 e. The van der Waals surface area contributed by atoms with Gasteiger partial charge >= 0.3 is 5.97 Å². The van der Waals surface area contributed by atoms with E-state index in [9.17, 15) is 4.79 Å². The Kier molecular flexibility index (Phi) is 3.44. The van der Waals surface area contributed by atoms with Gasteiger partial charge in [-0.1, -0.05) is 12.1 Å². The summed E-state index contributed by atoms with van der Waals surface area (Å²) in [5.41, 5.74) is 1.87. The van der Waals surface area contributed by atoms with Crippen LogP contribution in [0.5, 0.6) is 0 Å². The van der Waals surface area contributed by atoms with Crippen molar-refractivity contribution in [1.82, 2.24) is 4.98 Å². The van der Waals surface area contributed by atoms with E-state index < -0.39 is 5.97 Å². The Morgan fingerprint density at radius 1 is 1.29 bits per heavy atom. The van der Waals surface area contributed by atoms with Gasteiger partial charge in [-0.25, -0.2) is 4.79 Å². The summed E-state index contributed by atoms with van der Waals surface area (Å²) in [6.45, 7) is 0. The molecule has 0 amide bonds. The normalized spacial score (nSPS) is 10.2. The molecule has 3 nitrogen and oxygen atoms in total. The van der Waals surface area contributed by atoms with Crippen molar-refractivity contribution in [3.05, 3.63) is 48.2 Å². The van der Waals surface area contributed by atoms with Gasteiger partial charge in [-0.3, -0.25) is 4.98 Å². The van der Waals surface area contributed by atoms with Crippen LogP contribution in [-0.4, -0.2) is 22.3 Å². The Balaban J connectivity index is 2.45. The quantitative estimate of drug-likeness (QED) is 0.844. The monoisotopic (exact) mass is 245 g/mol. The van der Waals surface area contributed by atoms with Crippen LogP contribution in [0.15, 0.2) is 47.5 Å². The van der Waals surface area contributed by atoms with E-state index in [2.05, 4.69) is 4.98 Å². The SMILES string of the molecule is CSc1cccc(-c2cc(C(=O)O)ccn2)c1. The molecule has 0 atom stereocenters. The lowest BCUT2D eigenvalue weighted by atomic mass is 10.1. The molecule has 1 aromatic heterocycles. The smallest absolute Gasteiger partial charge is 0.335 e. The first-order valence-corrected chi connectivity index (χ1v) is 6.27. The fraction of sp³-hybridized carbons (Fsp3) is 0.0769. The molecule has 0 bridgehead atoms. The largest absolute Gasteiger partial charge is 0.478 e. The van der Waals surface area contributed by atoms with Gasteiger partial charge < -0.3 is 5.11 Å². The van der Waals surface area contributed by atoms with Crippen molar-refractivity contribution in [3.8, 4) is 11.3 Å². The second-order valence-corrected chi connectivity index (χ2v) is 4.35. The van der Waals surface area contributed by atoms with Crippen LogP contribution in [0, 0.1) is 0 Å². The van der Waals surface area contributed by atoms with Crippen molar-refractivity contribution in [3.63, 3.8) is 0 Å². The number of rotatable bonds is 3. The molecule has 4 heteroatoms. The van der Waals surface area contributed by atoms with Crippen LogP contribution in [0.1, 0.15) is 10.4 Å². The van der Waals surface area contributed by atoms with E-state index in [0.717, 1.165) is 10.5 Å². The number of benzene rings is 1. The summed E-state index contributed by atoms with van der Waals surface area (Å²) in [5, 5.41) is 8.93. The molecule has 0 aliphatic rings.